The van der Waals surface area contributed by atoms with Gasteiger partial charge in [0.2, 0.25) is 0 Å². The molecular weight excluding hydrogens is 366 g/mol. The third-order valence-corrected chi connectivity index (χ3v) is 5.75. The molecule has 1 aliphatic heterocycles. The van der Waals surface area contributed by atoms with Crippen LogP contribution in [-0.4, -0.2) is 34.3 Å². The summed E-state index contributed by atoms with van der Waals surface area (Å²) in [6.07, 6.45) is 3.85. The van der Waals surface area contributed by atoms with Gasteiger partial charge in [-0.15, -0.1) is 0 Å². The molecule has 4 rings (SSSR count). The Morgan fingerprint density at radius 1 is 1.03 bits per heavy atom. The van der Waals surface area contributed by atoms with Gasteiger partial charge in [-0.2, -0.15) is 0 Å². The van der Waals surface area contributed by atoms with Crippen LogP contribution in [0.3, 0.4) is 0 Å². The van der Waals surface area contributed by atoms with Crippen molar-refractivity contribution in [2.24, 2.45) is 0 Å². The molecule has 0 radical (unpaired) electrons. The van der Waals surface area contributed by atoms with Crippen molar-refractivity contribution >= 4 is 17.4 Å². The van der Waals surface area contributed by atoms with E-state index in [1.165, 1.54) is 0 Å². The fraction of sp³-hybridized carbons (Fsp3) is 0.333. The van der Waals surface area contributed by atoms with Crippen LogP contribution in [0.25, 0.3) is 5.76 Å². The van der Waals surface area contributed by atoms with Crippen LogP contribution in [0.15, 0.2) is 60.2 Å². The van der Waals surface area contributed by atoms with Crippen LogP contribution in [0, 0.1) is 0 Å². The van der Waals surface area contributed by atoms with Gasteiger partial charge in [0, 0.05) is 11.6 Å². The van der Waals surface area contributed by atoms with E-state index in [2.05, 4.69) is 0 Å². The van der Waals surface area contributed by atoms with Gasteiger partial charge in [0.25, 0.3) is 11.7 Å². The predicted molar refractivity (Wildman–Crippen MR) is 110 cm³/mol. The van der Waals surface area contributed by atoms with Crippen LogP contribution in [0.1, 0.15) is 49.8 Å². The van der Waals surface area contributed by atoms with Crippen LogP contribution in [0.5, 0.6) is 5.75 Å². The van der Waals surface area contributed by atoms with Crippen molar-refractivity contribution in [2.45, 2.75) is 44.7 Å². The first-order chi connectivity index (χ1) is 14.1. The van der Waals surface area contributed by atoms with Crippen LogP contribution < -0.4 is 4.74 Å². The number of carbonyl (C=O) groups excluding carboxylic acids is 2. The molecule has 150 valence electrons. The largest absolute Gasteiger partial charge is 0.507 e. The van der Waals surface area contributed by atoms with E-state index in [1.807, 2.05) is 37.3 Å². The molecule has 0 spiro atoms. The third-order valence-electron chi connectivity index (χ3n) is 5.75. The maximum absolute atomic E-state index is 13.0. The fourth-order valence-electron chi connectivity index (χ4n) is 4.40. The average molecular weight is 391 g/mol. The summed E-state index contributed by atoms with van der Waals surface area (Å²) in [6.45, 7) is 2.48. The van der Waals surface area contributed by atoms with E-state index in [4.69, 9.17) is 4.74 Å². The second-order valence-electron chi connectivity index (χ2n) is 7.51. The van der Waals surface area contributed by atoms with Gasteiger partial charge in [-0.25, -0.2) is 0 Å². The lowest BCUT2D eigenvalue weighted by atomic mass is 9.94. The Labute approximate surface area is 170 Å². The number of Topliss-reactive ketones (excluding diaryl/α,β-unsaturated/α-hetero) is 1. The Morgan fingerprint density at radius 3 is 2.31 bits per heavy atom. The lowest BCUT2D eigenvalue weighted by Gasteiger charge is -2.30. The van der Waals surface area contributed by atoms with Gasteiger partial charge in [0.05, 0.1) is 18.2 Å². The Balaban J connectivity index is 1.83. The number of ketones is 1. The summed E-state index contributed by atoms with van der Waals surface area (Å²) in [5, 5.41) is 11.0. The van der Waals surface area contributed by atoms with Gasteiger partial charge >= 0.3 is 0 Å². The van der Waals surface area contributed by atoms with Crippen LogP contribution >= 0.6 is 0 Å². The maximum Gasteiger partial charge on any atom is 0.295 e. The highest BCUT2D eigenvalue weighted by molar-refractivity contribution is 6.46. The first-order valence-corrected chi connectivity index (χ1v) is 10.2. The molecule has 2 fully saturated rings. The Morgan fingerprint density at radius 2 is 1.69 bits per heavy atom. The Hall–Kier alpha value is -3.08. The molecule has 2 aliphatic rings. The number of benzene rings is 2. The van der Waals surface area contributed by atoms with Crippen LogP contribution in [0.2, 0.25) is 0 Å². The standard InChI is InChI=1S/C24H25NO4/c1-2-29-19-14-12-16(13-15-19)21-20(22(26)17-8-4-3-5-9-17)23(27)24(28)25(21)18-10-6-7-11-18/h3-5,8-9,12-15,18,21,26H,2,6-7,10-11H2,1H3/b22-20-. The van der Waals surface area contributed by atoms with Crippen molar-refractivity contribution in [2.75, 3.05) is 6.61 Å². The molecule has 2 aromatic carbocycles. The molecule has 29 heavy (non-hydrogen) atoms. The fourth-order valence-corrected chi connectivity index (χ4v) is 4.40. The zero-order valence-corrected chi connectivity index (χ0v) is 16.5. The normalized spacial score (nSPS) is 21.7. The number of nitrogens with zero attached hydrogens (tertiary/aromatic N) is 1. The number of aliphatic hydroxyl groups excluding tert-OH is 1. The van der Waals surface area contributed by atoms with Gasteiger partial charge in [0.15, 0.2) is 0 Å². The van der Waals surface area contributed by atoms with E-state index in [-0.39, 0.29) is 17.4 Å². The Kier molecular flexibility index (Phi) is 5.38. The number of hydrogen-bond acceptors (Lipinski definition) is 4. The molecule has 5 nitrogen and oxygen atoms in total. The monoisotopic (exact) mass is 391 g/mol. The summed E-state index contributed by atoms with van der Waals surface area (Å²) < 4.78 is 5.53. The first kappa shape index (κ1) is 19.2. The van der Waals surface area contributed by atoms with Crippen LogP contribution in [0.4, 0.5) is 0 Å². The van der Waals surface area contributed by atoms with Crippen LogP contribution in [-0.2, 0) is 9.59 Å². The molecule has 1 aliphatic carbocycles. The zero-order valence-electron chi connectivity index (χ0n) is 16.5. The maximum atomic E-state index is 13.0. The highest BCUT2D eigenvalue weighted by Crippen LogP contribution is 2.43. The van der Waals surface area contributed by atoms with Crippen molar-refractivity contribution in [3.05, 3.63) is 71.3 Å². The highest BCUT2D eigenvalue weighted by atomic mass is 16.5. The number of rotatable bonds is 5. The molecule has 1 atom stereocenters. The molecule has 5 heteroatoms. The van der Waals surface area contributed by atoms with Gasteiger partial charge in [-0.3, -0.25) is 9.59 Å². The highest BCUT2D eigenvalue weighted by Gasteiger charge is 2.49. The van der Waals surface area contributed by atoms with Gasteiger partial charge in [-0.1, -0.05) is 55.3 Å². The van der Waals surface area contributed by atoms with Gasteiger partial charge in [0.1, 0.15) is 11.5 Å². The van der Waals surface area contributed by atoms with Crippen molar-refractivity contribution in [3.63, 3.8) is 0 Å². The molecule has 1 N–H and O–H groups in total. The average Bonchev–Trinajstić information content (AvgIpc) is 3.36. The SMILES string of the molecule is CCOc1ccc(C2/C(=C(/O)c3ccccc3)C(=O)C(=O)N2C2CCCC2)cc1. The quantitative estimate of drug-likeness (QED) is 0.465. The van der Waals surface area contributed by atoms with E-state index in [9.17, 15) is 14.7 Å². The third kappa shape index (κ3) is 3.53. The summed E-state index contributed by atoms with van der Waals surface area (Å²) in [7, 11) is 0. The van der Waals surface area contributed by atoms with Gasteiger partial charge in [-0.05, 0) is 37.5 Å². The molecule has 2 aromatic rings. The number of carbonyl (C=O) groups is 2. The minimum Gasteiger partial charge on any atom is -0.507 e. The van der Waals surface area contributed by atoms with E-state index >= 15 is 0 Å². The first-order valence-electron chi connectivity index (χ1n) is 10.2. The topological polar surface area (TPSA) is 66.8 Å². The number of ether oxygens (including phenoxy) is 1. The van der Waals surface area contributed by atoms with E-state index in [0.717, 1.165) is 37.0 Å². The van der Waals surface area contributed by atoms with Gasteiger partial charge < -0.3 is 14.7 Å². The smallest absolute Gasteiger partial charge is 0.295 e. The minimum absolute atomic E-state index is 0.0177. The summed E-state index contributed by atoms with van der Waals surface area (Å²) in [6, 6.07) is 15.8. The predicted octanol–water partition coefficient (Wildman–Crippen LogP) is 4.45. The summed E-state index contributed by atoms with van der Waals surface area (Å²) in [5.41, 5.74) is 1.50. The molecule has 0 bridgehead atoms. The molecule has 1 saturated carbocycles. The summed E-state index contributed by atoms with van der Waals surface area (Å²) in [5.74, 6) is -0.522. The zero-order chi connectivity index (χ0) is 20.4. The lowest BCUT2D eigenvalue weighted by molar-refractivity contribution is -0.141. The second-order valence-corrected chi connectivity index (χ2v) is 7.51. The number of hydrogen-bond donors (Lipinski definition) is 1. The number of aliphatic hydroxyl groups is 1. The molecular formula is C24H25NO4. The van der Waals surface area contributed by atoms with E-state index in [0.29, 0.717) is 12.2 Å². The van der Waals surface area contributed by atoms with E-state index < -0.39 is 17.7 Å². The lowest BCUT2D eigenvalue weighted by Crippen LogP contribution is -2.37. The summed E-state index contributed by atoms with van der Waals surface area (Å²) >= 11 is 0. The van der Waals surface area contributed by atoms with E-state index in [1.54, 1.807) is 29.2 Å². The molecule has 1 amide bonds. The molecule has 1 unspecified atom stereocenters. The summed E-state index contributed by atoms with van der Waals surface area (Å²) in [4.78, 5) is 27.7. The van der Waals surface area contributed by atoms with Crippen molar-refractivity contribution in [1.29, 1.82) is 0 Å². The van der Waals surface area contributed by atoms with Crippen molar-refractivity contribution in [3.8, 4) is 5.75 Å². The molecule has 1 saturated heterocycles. The molecule has 1 heterocycles. The second kappa shape index (κ2) is 8.11. The molecule has 0 aromatic heterocycles. The van der Waals surface area contributed by atoms with Crippen molar-refractivity contribution < 1.29 is 19.4 Å². The Bertz CT molecular complexity index is 927. The number of likely N-dealkylation sites (tertiary alicyclic amines) is 1. The number of amides is 1. The minimum atomic E-state index is -0.614. The van der Waals surface area contributed by atoms with Crippen molar-refractivity contribution in [1.82, 2.24) is 4.90 Å².